The van der Waals surface area contributed by atoms with Crippen LogP contribution in [0.4, 0.5) is 0 Å². The van der Waals surface area contributed by atoms with E-state index in [1.807, 2.05) is 25.2 Å². The second kappa shape index (κ2) is 10.8. The SMILES string of the molecule is C=CCC(=O)OCC=C(C)C=CC=C(C)C=CC1=C(C)CCCC1(C)C. The maximum absolute atomic E-state index is 11.2. The van der Waals surface area contributed by atoms with Gasteiger partial charge in [0.1, 0.15) is 6.61 Å². The predicted molar refractivity (Wildman–Crippen MR) is 112 cm³/mol. The van der Waals surface area contributed by atoms with Gasteiger partial charge in [0, 0.05) is 0 Å². The van der Waals surface area contributed by atoms with Gasteiger partial charge >= 0.3 is 5.97 Å². The minimum atomic E-state index is -0.246. The van der Waals surface area contributed by atoms with Gasteiger partial charge in [-0.1, -0.05) is 67.0 Å². The van der Waals surface area contributed by atoms with Crippen molar-refractivity contribution in [1.82, 2.24) is 0 Å². The first kappa shape index (κ1) is 22.0. The summed E-state index contributed by atoms with van der Waals surface area (Å²) in [4.78, 5) is 11.2. The van der Waals surface area contributed by atoms with E-state index >= 15 is 0 Å². The Bertz CT molecular complexity index is 652. The summed E-state index contributed by atoms with van der Waals surface area (Å²) < 4.78 is 5.06. The zero-order chi connectivity index (χ0) is 19.6. The van der Waals surface area contributed by atoms with Crippen LogP contribution in [0, 0.1) is 5.41 Å². The molecule has 0 aromatic heterocycles. The number of hydrogen-bond acceptors (Lipinski definition) is 2. The molecular weight excluding hydrogens is 320 g/mol. The van der Waals surface area contributed by atoms with Crippen LogP contribution in [0.25, 0.3) is 0 Å². The summed E-state index contributed by atoms with van der Waals surface area (Å²) >= 11 is 0. The molecule has 2 heteroatoms. The van der Waals surface area contributed by atoms with Gasteiger partial charge in [-0.3, -0.25) is 4.79 Å². The molecule has 0 fully saturated rings. The van der Waals surface area contributed by atoms with Crippen LogP contribution in [-0.2, 0) is 9.53 Å². The Hall–Kier alpha value is -2.09. The van der Waals surface area contributed by atoms with Gasteiger partial charge in [-0.05, 0) is 57.1 Å². The molecule has 0 aliphatic heterocycles. The lowest BCUT2D eigenvalue weighted by Crippen LogP contribution is -2.19. The maximum atomic E-state index is 11.2. The summed E-state index contributed by atoms with van der Waals surface area (Å²) in [6.07, 6.45) is 18.1. The van der Waals surface area contributed by atoms with E-state index in [0.717, 1.165) is 5.57 Å². The van der Waals surface area contributed by atoms with E-state index in [-0.39, 0.29) is 17.8 Å². The third-order valence-corrected chi connectivity index (χ3v) is 4.73. The molecule has 0 unspecified atom stereocenters. The van der Waals surface area contributed by atoms with E-state index in [9.17, 15) is 4.79 Å². The molecule has 1 aliphatic carbocycles. The van der Waals surface area contributed by atoms with Crippen molar-refractivity contribution in [3.63, 3.8) is 0 Å². The highest BCUT2D eigenvalue weighted by atomic mass is 16.5. The lowest BCUT2D eigenvalue weighted by molar-refractivity contribution is -0.141. The van der Waals surface area contributed by atoms with Crippen molar-refractivity contribution in [1.29, 1.82) is 0 Å². The first-order valence-electron chi connectivity index (χ1n) is 9.43. The van der Waals surface area contributed by atoms with Crippen LogP contribution in [0.15, 0.2) is 71.4 Å². The number of allylic oxidation sites excluding steroid dienone is 9. The van der Waals surface area contributed by atoms with E-state index in [1.54, 1.807) is 6.08 Å². The van der Waals surface area contributed by atoms with E-state index in [0.29, 0.717) is 6.61 Å². The molecular formula is C24H34O2. The Morgan fingerprint density at radius 3 is 2.62 bits per heavy atom. The molecule has 26 heavy (non-hydrogen) atoms. The molecule has 2 nitrogen and oxygen atoms in total. The van der Waals surface area contributed by atoms with Gasteiger partial charge in [0.05, 0.1) is 6.42 Å². The van der Waals surface area contributed by atoms with Crippen molar-refractivity contribution in [2.24, 2.45) is 5.41 Å². The van der Waals surface area contributed by atoms with Crippen LogP contribution in [0.2, 0.25) is 0 Å². The number of rotatable bonds is 8. The topological polar surface area (TPSA) is 26.3 Å². The molecule has 0 saturated carbocycles. The molecule has 0 saturated heterocycles. The maximum Gasteiger partial charge on any atom is 0.309 e. The van der Waals surface area contributed by atoms with Gasteiger partial charge in [0.25, 0.3) is 0 Å². The summed E-state index contributed by atoms with van der Waals surface area (Å²) in [5.41, 5.74) is 5.56. The van der Waals surface area contributed by atoms with Gasteiger partial charge < -0.3 is 4.74 Å². The van der Waals surface area contributed by atoms with Crippen molar-refractivity contribution in [3.05, 3.63) is 71.4 Å². The van der Waals surface area contributed by atoms with Crippen molar-refractivity contribution in [2.45, 2.75) is 60.3 Å². The zero-order valence-electron chi connectivity index (χ0n) is 17.1. The second-order valence-electron chi connectivity index (χ2n) is 7.66. The predicted octanol–water partition coefficient (Wildman–Crippen LogP) is 6.64. The summed E-state index contributed by atoms with van der Waals surface area (Å²) in [6.45, 7) is 14.9. The van der Waals surface area contributed by atoms with Crippen LogP contribution >= 0.6 is 0 Å². The monoisotopic (exact) mass is 354 g/mol. The van der Waals surface area contributed by atoms with E-state index in [1.165, 1.54) is 36.0 Å². The Morgan fingerprint density at radius 1 is 1.23 bits per heavy atom. The van der Waals surface area contributed by atoms with Crippen LogP contribution in [-0.4, -0.2) is 12.6 Å². The Morgan fingerprint density at radius 2 is 1.96 bits per heavy atom. The first-order valence-corrected chi connectivity index (χ1v) is 9.43. The highest BCUT2D eigenvalue weighted by Gasteiger charge is 2.26. The largest absolute Gasteiger partial charge is 0.461 e. The van der Waals surface area contributed by atoms with Crippen molar-refractivity contribution in [3.8, 4) is 0 Å². The highest BCUT2D eigenvalue weighted by Crippen LogP contribution is 2.40. The van der Waals surface area contributed by atoms with Crippen molar-refractivity contribution in [2.75, 3.05) is 6.61 Å². The van der Waals surface area contributed by atoms with Gasteiger partial charge in [-0.25, -0.2) is 0 Å². The average molecular weight is 355 g/mol. The highest BCUT2D eigenvalue weighted by molar-refractivity contribution is 5.71. The molecule has 142 valence electrons. The summed E-state index contributed by atoms with van der Waals surface area (Å²) in [7, 11) is 0. The standard InChI is InChI=1S/C24H34O2/c1-7-10-23(25)26-18-16-20(3)12-8-11-19(2)14-15-22-21(4)13-9-17-24(22,5)6/h7-8,11-12,14-16H,1,9-10,13,17-18H2,2-6H3. The van der Waals surface area contributed by atoms with Gasteiger partial charge in [0.2, 0.25) is 0 Å². The Balaban J connectivity index is 2.60. The number of hydrogen-bond donors (Lipinski definition) is 0. The van der Waals surface area contributed by atoms with E-state index < -0.39 is 0 Å². The number of esters is 1. The molecule has 0 aromatic rings. The van der Waals surface area contributed by atoms with Gasteiger partial charge in [-0.2, -0.15) is 0 Å². The molecule has 0 aromatic carbocycles. The van der Waals surface area contributed by atoms with Gasteiger partial charge in [0.15, 0.2) is 0 Å². The van der Waals surface area contributed by atoms with Crippen LogP contribution < -0.4 is 0 Å². The van der Waals surface area contributed by atoms with Crippen molar-refractivity contribution >= 4 is 5.97 Å². The van der Waals surface area contributed by atoms with Crippen LogP contribution in [0.1, 0.15) is 60.3 Å². The smallest absolute Gasteiger partial charge is 0.309 e. The van der Waals surface area contributed by atoms with E-state index in [2.05, 4.69) is 52.5 Å². The summed E-state index contributed by atoms with van der Waals surface area (Å²) in [5, 5.41) is 0. The quantitative estimate of drug-likeness (QED) is 0.277. The zero-order valence-corrected chi connectivity index (χ0v) is 17.1. The molecule has 0 bridgehead atoms. The summed E-state index contributed by atoms with van der Waals surface area (Å²) in [5.74, 6) is -0.246. The number of carbonyl (C=O) groups excluding carboxylic acids is 1. The van der Waals surface area contributed by atoms with E-state index in [4.69, 9.17) is 4.74 Å². The normalized spacial score (nSPS) is 18.7. The Labute approximate surface area is 159 Å². The fraction of sp³-hybridized carbons (Fsp3) is 0.458. The molecule has 0 atom stereocenters. The Kier molecular flexibility index (Phi) is 9.12. The first-order chi connectivity index (χ1) is 12.3. The molecule has 0 amide bonds. The average Bonchev–Trinajstić information content (AvgIpc) is 2.54. The molecule has 0 radical (unpaired) electrons. The lowest BCUT2D eigenvalue weighted by atomic mass is 9.72. The van der Waals surface area contributed by atoms with Gasteiger partial charge in [-0.15, -0.1) is 6.58 Å². The third-order valence-electron chi connectivity index (χ3n) is 4.73. The number of carbonyl (C=O) groups is 1. The molecule has 1 rings (SSSR count). The van der Waals surface area contributed by atoms with Crippen molar-refractivity contribution < 1.29 is 9.53 Å². The minimum absolute atomic E-state index is 0.246. The van der Waals surface area contributed by atoms with Crippen LogP contribution in [0.5, 0.6) is 0 Å². The third kappa shape index (κ3) is 7.86. The number of ether oxygens (including phenoxy) is 1. The fourth-order valence-electron chi connectivity index (χ4n) is 3.14. The molecule has 1 aliphatic rings. The molecule has 0 N–H and O–H groups in total. The van der Waals surface area contributed by atoms with Crippen LogP contribution in [0.3, 0.4) is 0 Å². The summed E-state index contributed by atoms with van der Waals surface area (Å²) in [6, 6.07) is 0. The fourth-order valence-corrected chi connectivity index (χ4v) is 3.14. The lowest BCUT2D eigenvalue weighted by Gasteiger charge is -2.32. The minimum Gasteiger partial charge on any atom is -0.461 e. The second-order valence-corrected chi connectivity index (χ2v) is 7.66. The molecule has 0 spiro atoms. The molecule has 0 heterocycles.